The maximum Gasteiger partial charge on any atom is 0.339 e. The minimum Gasteiger partial charge on any atom is -0.465 e. The normalized spacial score (nSPS) is 10.9. The number of benzene rings is 1. The van der Waals surface area contributed by atoms with E-state index >= 15 is 0 Å². The lowest BCUT2D eigenvalue weighted by Gasteiger charge is -2.05. The van der Waals surface area contributed by atoms with Crippen molar-refractivity contribution >= 4 is 52.0 Å². The summed E-state index contributed by atoms with van der Waals surface area (Å²) in [5.74, 6) is 0.0731. The van der Waals surface area contributed by atoms with Crippen LogP contribution in [0.5, 0.6) is 0 Å². The first-order valence-electron chi connectivity index (χ1n) is 6.58. The van der Waals surface area contributed by atoms with E-state index in [9.17, 15) is 4.79 Å². The van der Waals surface area contributed by atoms with E-state index in [2.05, 4.69) is 15.0 Å². The van der Waals surface area contributed by atoms with Crippen LogP contribution in [0.15, 0.2) is 35.6 Å². The van der Waals surface area contributed by atoms with E-state index in [1.807, 2.05) is 0 Å². The summed E-state index contributed by atoms with van der Waals surface area (Å²) in [6.07, 6.45) is 1.64. The highest BCUT2D eigenvalue weighted by atomic mass is 35.5. The summed E-state index contributed by atoms with van der Waals surface area (Å²) >= 11 is 13.4. The number of esters is 1. The van der Waals surface area contributed by atoms with Gasteiger partial charge in [-0.15, -0.1) is 0 Å². The van der Waals surface area contributed by atoms with E-state index in [0.717, 1.165) is 11.0 Å². The third kappa shape index (κ3) is 3.44. The number of methoxy groups -OCH3 is 1. The van der Waals surface area contributed by atoms with Crippen LogP contribution < -0.4 is 0 Å². The molecule has 5 nitrogen and oxygen atoms in total. The lowest BCUT2D eigenvalue weighted by atomic mass is 10.2. The summed E-state index contributed by atoms with van der Waals surface area (Å²) in [6, 6.07) is 6.83. The van der Waals surface area contributed by atoms with E-state index in [1.165, 1.54) is 18.9 Å². The Bertz CT molecular complexity index is 843. The minimum absolute atomic E-state index is 0.406. The molecular formula is C15H11Cl2N3O2S. The largest absolute Gasteiger partial charge is 0.465 e. The Balaban J connectivity index is 1.83. The van der Waals surface area contributed by atoms with E-state index in [-0.39, 0.29) is 0 Å². The Labute approximate surface area is 146 Å². The average molecular weight is 368 g/mol. The molecular weight excluding hydrogens is 357 g/mol. The number of aromatic nitrogens is 3. The number of halogens is 2. The summed E-state index contributed by atoms with van der Waals surface area (Å²) in [5, 5.41) is 1.62. The number of thioether (sulfide) groups is 1. The molecule has 0 aliphatic heterocycles. The third-order valence-corrected chi connectivity index (χ3v) is 4.75. The fourth-order valence-electron chi connectivity index (χ4n) is 2.04. The zero-order valence-electron chi connectivity index (χ0n) is 12.0. The molecule has 3 rings (SSSR count). The summed E-state index contributed by atoms with van der Waals surface area (Å²) < 4.78 is 4.76. The van der Waals surface area contributed by atoms with Gasteiger partial charge in [0.25, 0.3) is 0 Å². The van der Waals surface area contributed by atoms with Crippen LogP contribution in [-0.4, -0.2) is 28.0 Å². The maximum absolute atomic E-state index is 11.7. The van der Waals surface area contributed by atoms with Crippen molar-refractivity contribution in [1.82, 2.24) is 15.0 Å². The van der Waals surface area contributed by atoms with E-state index in [4.69, 9.17) is 27.9 Å². The van der Waals surface area contributed by atoms with Crippen molar-refractivity contribution < 1.29 is 9.53 Å². The number of aromatic amines is 1. The average Bonchev–Trinajstić information content (AvgIpc) is 2.94. The molecule has 0 amide bonds. The van der Waals surface area contributed by atoms with Crippen LogP contribution in [0, 0.1) is 0 Å². The van der Waals surface area contributed by atoms with Gasteiger partial charge < -0.3 is 9.72 Å². The van der Waals surface area contributed by atoms with Crippen LogP contribution in [0.25, 0.3) is 11.0 Å². The van der Waals surface area contributed by atoms with Crippen LogP contribution >= 0.6 is 35.0 Å². The fourth-order valence-corrected chi connectivity index (χ4v) is 3.21. The summed E-state index contributed by atoms with van der Waals surface area (Å²) in [6.45, 7) is 0. The molecule has 8 heteroatoms. The van der Waals surface area contributed by atoms with Gasteiger partial charge in [0.1, 0.15) is 0 Å². The number of hydrogen-bond acceptors (Lipinski definition) is 5. The van der Waals surface area contributed by atoms with Crippen molar-refractivity contribution in [2.24, 2.45) is 0 Å². The number of nitrogens with zero attached hydrogens (tertiary/aromatic N) is 2. The van der Waals surface area contributed by atoms with Crippen molar-refractivity contribution in [1.29, 1.82) is 0 Å². The van der Waals surface area contributed by atoms with Crippen LogP contribution in [-0.2, 0) is 10.5 Å². The third-order valence-electron chi connectivity index (χ3n) is 3.14. The standard InChI is InChI=1S/C15H11Cl2N3O2S/c1-22-14(21)8-3-2-4-18-13(8)7-23-15-19-11-5-9(16)10(17)6-12(11)20-15/h2-6H,7H2,1H3,(H,19,20). The number of fused-ring (bicyclic) bond motifs is 1. The number of ether oxygens (including phenoxy) is 1. The molecule has 0 bridgehead atoms. The first-order valence-corrected chi connectivity index (χ1v) is 8.32. The van der Waals surface area contributed by atoms with Gasteiger partial charge in [0.05, 0.1) is 39.4 Å². The molecule has 1 aromatic carbocycles. The quantitative estimate of drug-likeness (QED) is 0.548. The second-order valence-corrected chi connectivity index (χ2v) is 6.38. The fraction of sp³-hybridized carbons (Fsp3) is 0.133. The topological polar surface area (TPSA) is 67.9 Å². The van der Waals surface area contributed by atoms with E-state index < -0.39 is 5.97 Å². The monoisotopic (exact) mass is 367 g/mol. The van der Waals surface area contributed by atoms with Crippen LogP contribution in [0.1, 0.15) is 16.1 Å². The lowest BCUT2D eigenvalue weighted by molar-refractivity contribution is 0.0599. The van der Waals surface area contributed by atoms with Gasteiger partial charge >= 0.3 is 5.97 Å². The van der Waals surface area contributed by atoms with Crippen LogP contribution in [0.2, 0.25) is 10.0 Å². The molecule has 2 aromatic heterocycles. The van der Waals surface area contributed by atoms with Gasteiger partial charge in [-0.1, -0.05) is 35.0 Å². The molecule has 0 saturated carbocycles. The second-order valence-electron chi connectivity index (χ2n) is 4.60. The Morgan fingerprint density at radius 1 is 1.35 bits per heavy atom. The number of pyridine rings is 1. The van der Waals surface area contributed by atoms with Crippen molar-refractivity contribution in [2.75, 3.05) is 7.11 Å². The molecule has 0 unspecified atom stereocenters. The smallest absolute Gasteiger partial charge is 0.339 e. The van der Waals surface area contributed by atoms with Gasteiger partial charge in [0.2, 0.25) is 0 Å². The molecule has 2 heterocycles. The van der Waals surface area contributed by atoms with Crippen molar-refractivity contribution in [3.8, 4) is 0 Å². The number of carbonyl (C=O) groups is 1. The maximum atomic E-state index is 11.7. The molecule has 0 atom stereocenters. The van der Waals surface area contributed by atoms with Gasteiger partial charge in [-0.3, -0.25) is 4.98 Å². The molecule has 0 spiro atoms. The number of nitrogens with one attached hydrogen (secondary N) is 1. The SMILES string of the molecule is COC(=O)c1cccnc1CSc1nc2cc(Cl)c(Cl)cc2[nH]1. The van der Waals surface area contributed by atoms with E-state index in [1.54, 1.807) is 30.5 Å². The Hall–Kier alpha value is -1.76. The molecule has 0 saturated heterocycles. The number of hydrogen-bond donors (Lipinski definition) is 1. The predicted octanol–water partition coefficient (Wildman–Crippen LogP) is 4.34. The highest BCUT2D eigenvalue weighted by Gasteiger charge is 2.14. The van der Waals surface area contributed by atoms with Crippen molar-refractivity contribution in [2.45, 2.75) is 10.9 Å². The van der Waals surface area contributed by atoms with Crippen LogP contribution in [0.3, 0.4) is 0 Å². The van der Waals surface area contributed by atoms with E-state index in [0.29, 0.717) is 32.2 Å². The van der Waals surface area contributed by atoms with Gasteiger partial charge in [-0.2, -0.15) is 0 Å². The Morgan fingerprint density at radius 3 is 2.91 bits per heavy atom. The van der Waals surface area contributed by atoms with Gasteiger partial charge in [0, 0.05) is 11.9 Å². The van der Waals surface area contributed by atoms with Crippen molar-refractivity contribution in [3.05, 3.63) is 51.8 Å². The molecule has 0 radical (unpaired) electrons. The highest BCUT2D eigenvalue weighted by molar-refractivity contribution is 7.98. The number of carbonyl (C=O) groups excluding carboxylic acids is 1. The van der Waals surface area contributed by atoms with Crippen molar-refractivity contribution in [3.63, 3.8) is 0 Å². The summed E-state index contributed by atoms with van der Waals surface area (Å²) in [5.41, 5.74) is 2.62. The summed E-state index contributed by atoms with van der Waals surface area (Å²) in [7, 11) is 1.35. The number of imidazole rings is 1. The highest BCUT2D eigenvalue weighted by Crippen LogP contribution is 2.29. The van der Waals surface area contributed by atoms with Gasteiger partial charge in [-0.25, -0.2) is 9.78 Å². The zero-order valence-corrected chi connectivity index (χ0v) is 14.3. The molecule has 23 heavy (non-hydrogen) atoms. The molecule has 0 aliphatic rings. The number of H-pyrrole nitrogens is 1. The molecule has 118 valence electrons. The molecule has 1 N–H and O–H groups in total. The zero-order chi connectivity index (χ0) is 16.4. The number of rotatable bonds is 4. The molecule has 0 aliphatic carbocycles. The lowest BCUT2D eigenvalue weighted by Crippen LogP contribution is -2.06. The first-order chi connectivity index (χ1) is 11.1. The molecule has 0 fully saturated rings. The van der Waals surface area contributed by atoms with Gasteiger partial charge in [-0.05, 0) is 24.3 Å². The Morgan fingerprint density at radius 2 is 2.13 bits per heavy atom. The van der Waals surface area contributed by atoms with Crippen LogP contribution in [0.4, 0.5) is 0 Å². The minimum atomic E-state index is -0.406. The first kappa shape index (κ1) is 16.1. The Kier molecular flexibility index (Phi) is 4.75. The molecule has 3 aromatic rings. The second kappa shape index (κ2) is 6.78. The summed E-state index contributed by atoms with van der Waals surface area (Å²) in [4.78, 5) is 23.6. The van der Waals surface area contributed by atoms with Gasteiger partial charge in [0.15, 0.2) is 5.16 Å². The predicted molar refractivity (Wildman–Crippen MR) is 91.3 cm³/mol.